The van der Waals surface area contributed by atoms with E-state index in [2.05, 4.69) is 10.6 Å². The van der Waals surface area contributed by atoms with Crippen molar-refractivity contribution in [1.82, 2.24) is 5.32 Å². The normalized spacial score (nSPS) is 11.2. The Hall–Kier alpha value is -4.33. The number of benzene rings is 3. The molecule has 3 aromatic carbocycles. The van der Waals surface area contributed by atoms with Crippen LogP contribution in [-0.4, -0.2) is 38.6 Å². The SMILES string of the molecule is COc1ccc(OC)c(C(C)NC(=O)COC(=O)c2ccccc2NC(=O)c2cccc(C)c2)c1. The van der Waals surface area contributed by atoms with E-state index in [1.54, 1.807) is 68.6 Å². The van der Waals surface area contributed by atoms with Gasteiger partial charge in [0.2, 0.25) is 0 Å². The van der Waals surface area contributed by atoms with E-state index in [1.807, 2.05) is 13.0 Å². The fourth-order valence-electron chi connectivity index (χ4n) is 3.50. The van der Waals surface area contributed by atoms with Gasteiger partial charge < -0.3 is 24.8 Å². The highest BCUT2D eigenvalue weighted by molar-refractivity contribution is 6.08. The summed E-state index contributed by atoms with van der Waals surface area (Å²) >= 11 is 0. The molecule has 0 aliphatic carbocycles. The van der Waals surface area contributed by atoms with E-state index < -0.39 is 24.5 Å². The lowest BCUT2D eigenvalue weighted by Crippen LogP contribution is -2.31. The van der Waals surface area contributed by atoms with Crippen LogP contribution in [0.5, 0.6) is 11.5 Å². The highest BCUT2D eigenvalue weighted by atomic mass is 16.5. The quantitative estimate of drug-likeness (QED) is 0.447. The molecule has 0 saturated heterocycles. The molecule has 0 radical (unpaired) electrons. The predicted octanol–water partition coefficient (Wildman–Crippen LogP) is 4.30. The average Bonchev–Trinajstić information content (AvgIpc) is 2.87. The van der Waals surface area contributed by atoms with Crippen molar-refractivity contribution in [2.75, 3.05) is 26.1 Å². The number of hydrogen-bond donors (Lipinski definition) is 2. The Morgan fingerprint density at radius 3 is 2.40 bits per heavy atom. The molecule has 0 bridgehead atoms. The average molecular weight is 477 g/mol. The second kappa shape index (κ2) is 11.7. The zero-order chi connectivity index (χ0) is 25.4. The van der Waals surface area contributed by atoms with Crippen molar-refractivity contribution < 1.29 is 28.6 Å². The molecule has 2 amide bonds. The first-order chi connectivity index (χ1) is 16.8. The van der Waals surface area contributed by atoms with Gasteiger partial charge in [-0.2, -0.15) is 0 Å². The summed E-state index contributed by atoms with van der Waals surface area (Å²) in [5, 5.41) is 5.51. The summed E-state index contributed by atoms with van der Waals surface area (Å²) in [5.41, 5.74) is 2.56. The summed E-state index contributed by atoms with van der Waals surface area (Å²) in [6.45, 7) is 3.18. The second-order valence-corrected chi connectivity index (χ2v) is 7.84. The summed E-state index contributed by atoms with van der Waals surface area (Å²) in [5.74, 6) is -0.358. The van der Waals surface area contributed by atoms with E-state index in [0.29, 0.717) is 22.7 Å². The Morgan fingerprint density at radius 1 is 0.914 bits per heavy atom. The lowest BCUT2D eigenvalue weighted by molar-refractivity contribution is -0.124. The molecule has 35 heavy (non-hydrogen) atoms. The van der Waals surface area contributed by atoms with E-state index in [0.717, 1.165) is 11.1 Å². The summed E-state index contributed by atoms with van der Waals surface area (Å²) in [6.07, 6.45) is 0. The molecule has 0 heterocycles. The number of anilines is 1. The van der Waals surface area contributed by atoms with E-state index in [4.69, 9.17) is 14.2 Å². The van der Waals surface area contributed by atoms with Crippen LogP contribution in [0.25, 0.3) is 0 Å². The van der Waals surface area contributed by atoms with Crippen LogP contribution in [0.1, 0.15) is 44.8 Å². The predicted molar refractivity (Wildman–Crippen MR) is 132 cm³/mol. The second-order valence-electron chi connectivity index (χ2n) is 7.84. The van der Waals surface area contributed by atoms with Gasteiger partial charge in [0.15, 0.2) is 6.61 Å². The van der Waals surface area contributed by atoms with Gasteiger partial charge >= 0.3 is 5.97 Å². The van der Waals surface area contributed by atoms with Gasteiger partial charge in [-0.25, -0.2) is 4.79 Å². The molecule has 8 heteroatoms. The summed E-state index contributed by atoms with van der Waals surface area (Å²) in [4.78, 5) is 37.8. The lowest BCUT2D eigenvalue weighted by atomic mass is 10.1. The lowest BCUT2D eigenvalue weighted by Gasteiger charge is -2.18. The Morgan fingerprint density at radius 2 is 1.69 bits per heavy atom. The first-order valence-corrected chi connectivity index (χ1v) is 11.0. The molecule has 0 aromatic heterocycles. The highest BCUT2D eigenvalue weighted by Crippen LogP contribution is 2.29. The number of para-hydroxylation sites is 1. The van der Waals surface area contributed by atoms with Gasteiger partial charge in [-0.3, -0.25) is 9.59 Å². The molecule has 0 spiro atoms. The number of nitrogens with one attached hydrogen (secondary N) is 2. The van der Waals surface area contributed by atoms with Crippen molar-refractivity contribution >= 4 is 23.5 Å². The van der Waals surface area contributed by atoms with E-state index >= 15 is 0 Å². The minimum atomic E-state index is -0.730. The van der Waals surface area contributed by atoms with Crippen LogP contribution in [-0.2, 0) is 9.53 Å². The summed E-state index contributed by atoms with van der Waals surface area (Å²) < 4.78 is 15.8. The molecule has 3 rings (SSSR count). The van der Waals surface area contributed by atoms with Gasteiger partial charge in [0, 0.05) is 11.1 Å². The van der Waals surface area contributed by atoms with Crippen LogP contribution >= 0.6 is 0 Å². The number of rotatable bonds is 9. The standard InChI is InChI=1S/C27H28N2O6/c1-17-8-7-9-19(14-17)26(31)29-23-11-6-5-10-21(23)27(32)35-16-25(30)28-18(2)22-15-20(33-3)12-13-24(22)34-4/h5-15,18H,16H2,1-4H3,(H,28,30)(H,29,31). The van der Waals surface area contributed by atoms with E-state index in [-0.39, 0.29) is 11.5 Å². The van der Waals surface area contributed by atoms with Crippen molar-refractivity contribution in [3.8, 4) is 11.5 Å². The van der Waals surface area contributed by atoms with Crippen molar-refractivity contribution in [1.29, 1.82) is 0 Å². The number of carbonyl (C=O) groups excluding carboxylic acids is 3. The maximum absolute atomic E-state index is 12.7. The number of methoxy groups -OCH3 is 2. The van der Waals surface area contributed by atoms with Crippen LogP contribution in [0.2, 0.25) is 0 Å². The topological polar surface area (TPSA) is 103 Å². The largest absolute Gasteiger partial charge is 0.497 e. The maximum atomic E-state index is 12.7. The fourth-order valence-corrected chi connectivity index (χ4v) is 3.50. The molecule has 3 aromatic rings. The summed E-state index contributed by atoms with van der Waals surface area (Å²) in [6, 6.07) is 18.4. The molecule has 1 atom stereocenters. The smallest absolute Gasteiger partial charge is 0.340 e. The Bertz CT molecular complexity index is 1220. The van der Waals surface area contributed by atoms with E-state index in [9.17, 15) is 14.4 Å². The van der Waals surface area contributed by atoms with Crippen molar-refractivity contribution in [2.24, 2.45) is 0 Å². The maximum Gasteiger partial charge on any atom is 0.340 e. The third-order valence-corrected chi connectivity index (χ3v) is 5.29. The zero-order valence-electron chi connectivity index (χ0n) is 20.1. The highest BCUT2D eigenvalue weighted by Gasteiger charge is 2.19. The van der Waals surface area contributed by atoms with Crippen molar-refractivity contribution in [3.05, 3.63) is 89.0 Å². The molecule has 1 unspecified atom stereocenters. The minimum absolute atomic E-state index is 0.142. The van der Waals surface area contributed by atoms with Crippen LogP contribution in [0.3, 0.4) is 0 Å². The van der Waals surface area contributed by atoms with Crippen LogP contribution in [0.4, 0.5) is 5.69 Å². The van der Waals surface area contributed by atoms with Crippen molar-refractivity contribution in [3.63, 3.8) is 0 Å². The van der Waals surface area contributed by atoms with Gasteiger partial charge in [0.05, 0.1) is 31.5 Å². The fraction of sp³-hybridized carbons (Fsp3) is 0.222. The molecular weight excluding hydrogens is 448 g/mol. The zero-order valence-corrected chi connectivity index (χ0v) is 20.1. The van der Waals surface area contributed by atoms with Gasteiger partial charge in [-0.1, -0.05) is 29.8 Å². The number of amides is 2. The van der Waals surface area contributed by atoms with Gasteiger partial charge in [0.1, 0.15) is 11.5 Å². The molecule has 0 saturated carbocycles. The number of ether oxygens (including phenoxy) is 3. The van der Waals surface area contributed by atoms with Gasteiger partial charge in [-0.05, 0) is 56.3 Å². The third-order valence-electron chi connectivity index (χ3n) is 5.29. The molecule has 0 aliphatic rings. The Labute approximate surface area is 204 Å². The number of aryl methyl sites for hydroxylation is 1. The summed E-state index contributed by atoms with van der Waals surface area (Å²) in [7, 11) is 3.09. The molecule has 2 N–H and O–H groups in total. The first-order valence-electron chi connectivity index (χ1n) is 11.0. The first kappa shape index (κ1) is 25.3. The number of carbonyl (C=O) groups is 3. The van der Waals surface area contributed by atoms with E-state index in [1.165, 1.54) is 13.2 Å². The van der Waals surface area contributed by atoms with Gasteiger partial charge in [-0.15, -0.1) is 0 Å². The van der Waals surface area contributed by atoms with Crippen LogP contribution < -0.4 is 20.1 Å². The van der Waals surface area contributed by atoms with Crippen LogP contribution in [0.15, 0.2) is 66.7 Å². The molecule has 0 aliphatic heterocycles. The van der Waals surface area contributed by atoms with Crippen molar-refractivity contribution in [2.45, 2.75) is 19.9 Å². The Balaban J connectivity index is 1.63. The number of esters is 1. The van der Waals surface area contributed by atoms with Crippen LogP contribution in [0, 0.1) is 6.92 Å². The molecule has 8 nitrogen and oxygen atoms in total. The molecule has 182 valence electrons. The molecular formula is C27H28N2O6. The monoisotopic (exact) mass is 476 g/mol. The number of hydrogen-bond acceptors (Lipinski definition) is 6. The Kier molecular flexibility index (Phi) is 8.45. The molecule has 0 fully saturated rings. The minimum Gasteiger partial charge on any atom is -0.497 e. The third kappa shape index (κ3) is 6.60. The van der Waals surface area contributed by atoms with Gasteiger partial charge in [0.25, 0.3) is 11.8 Å².